The van der Waals surface area contributed by atoms with Crippen LogP contribution in [0.1, 0.15) is 12.0 Å². The van der Waals surface area contributed by atoms with Crippen molar-refractivity contribution in [1.29, 1.82) is 0 Å². The molecule has 3 nitrogen and oxygen atoms in total. The molecule has 14 heavy (non-hydrogen) atoms. The highest BCUT2D eigenvalue weighted by molar-refractivity contribution is 5.07. The molecule has 0 saturated carbocycles. The molecule has 1 aromatic heterocycles. The van der Waals surface area contributed by atoms with Crippen molar-refractivity contribution in [3.8, 4) is 0 Å². The molecule has 2 atom stereocenters. The van der Waals surface area contributed by atoms with Crippen LogP contribution in [0.5, 0.6) is 0 Å². The van der Waals surface area contributed by atoms with Crippen molar-refractivity contribution in [3.63, 3.8) is 0 Å². The van der Waals surface area contributed by atoms with Gasteiger partial charge in [-0.05, 0) is 31.5 Å². The van der Waals surface area contributed by atoms with E-state index in [1.165, 1.54) is 5.56 Å². The van der Waals surface area contributed by atoms with Crippen LogP contribution >= 0.6 is 0 Å². The Morgan fingerprint density at radius 3 is 3.21 bits per heavy atom. The second kappa shape index (κ2) is 4.62. The first-order valence-corrected chi connectivity index (χ1v) is 5.16. The van der Waals surface area contributed by atoms with Crippen LogP contribution in [0.3, 0.4) is 0 Å². The third kappa shape index (κ3) is 2.16. The fourth-order valence-electron chi connectivity index (χ4n) is 2.09. The fourth-order valence-corrected chi connectivity index (χ4v) is 2.09. The molecule has 2 heterocycles. The van der Waals surface area contributed by atoms with Crippen LogP contribution in [0, 0.1) is 5.92 Å². The Bertz CT molecular complexity index is 258. The molecule has 0 bridgehead atoms. The summed E-state index contributed by atoms with van der Waals surface area (Å²) in [6.07, 6.45) is 5.70. The van der Waals surface area contributed by atoms with Crippen molar-refractivity contribution in [2.75, 3.05) is 20.3 Å². The summed E-state index contributed by atoms with van der Waals surface area (Å²) in [4.78, 5) is 0. The Morgan fingerprint density at radius 1 is 1.57 bits per heavy atom. The van der Waals surface area contributed by atoms with Crippen LogP contribution in [0.15, 0.2) is 23.0 Å². The van der Waals surface area contributed by atoms with E-state index in [9.17, 15) is 0 Å². The van der Waals surface area contributed by atoms with Gasteiger partial charge in [-0.25, -0.2) is 0 Å². The number of hydrogen-bond donors (Lipinski definition) is 1. The predicted molar refractivity (Wildman–Crippen MR) is 54.2 cm³/mol. The average Bonchev–Trinajstić information content (AvgIpc) is 2.71. The van der Waals surface area contributed by atoms with Gasteiger partial charge in [0.2, 0.25) is 0 Å². The van der Waals surface area contributed by atoms with Crippen molar-refractivity contribution in [3.05, 3.63) is 24.2 Å². The van der Waals surface area contributed by atoms with Gasteiger partial charge < -0.3 is 14.5 Å². The van der Waals surface area contributed by atoms with Gasteiger partial charge in [0.15, 0.2) is 0 Å². The Kier molecular flexibility index (Phi) is 3.22. The Balaban J connectivity index is 1.94. The molecule has 2 unspecified atom stereocenters. The zero-order valence-corrected chi connectivity index (χ0v) is 8.53. The highest BCUT2D eigenvalue weighted by Gasteiger charge is 2.24. The number of ether oxygens (including phenoxy) is 1. The third-order valence-corrected chi connectivity index (χ3v) is 2.92. The molecule has 1 fully saturated rings. The number of furan rings is 1. The first kappa shape index (κ1) is 9.74. The molecule has 0 radical (unpaired) electrons. The van der Waals surface area contributed by atoms with Crippen molar-refractivity contribution >= 4 is 0 Å². The maximum Gasteiger partial charge on any atom is 0.0934 e. The van der Waals surface area contributed by atoms with E-state index in [0.717, 1.165) is 26.1 Å². The third-order valence-electron chi connectivity index (χ3n) is 2.92. The number of nitrogens with one attached hydrogen (secondary N) is 1. The molecule has 0 aromatic carbocycles. The lowest BCUT2D eigenvalue weighted by Crippen LogP contribution is -2.41. The molecule has 1 aliphatic heterocycles. The van der Waals surface area contributed by atoms with Gasteiger partial charge in [-0.1, -0.05) is 0 Å². The van der Waals surface area contributed by atoms with E-state index in [1.807, 2.05) is 19.4 Å². The Labute approximate surface area is 84.4 Å². The van der Waals surface area contributed by atoms with Gasteiger partial charge in [-0.3, -0.25) is 0 Å². The predicted octanol–water partition coefficient (Wildman–Crippen LogP) is 1.45. The first-order valence-electron chi connectivity index (χ1n) is 5.16. The van der Waals surface area contributed by atoms with Crippen LogP contribution in [0.2, 0.25) is 0 Å². The van der Waals surface area contributed by atoms with Gasteiger partial charge in [0.05, 0.1) is 19.1 Å². The summed E-state index contributed by atoms with van der Waals surface area (Å²) in [5.74, 6) is 0.575. The van der Waals surface area contributed by atoms with Crippen LogP contribution in [-0.2, 0) is 11.2 Å². The minimum Gasteiger partial charge on any atom is -0.472 e. The lowest BCUT2D eigenvalue weighted by molar-refractivity contribution is 0.0342. The maximum absolute atomic E-state index is 5.49. The van der Waals surface area contributed by atoms with E-state index in [2.05, 4.69) is 5.32 Å². The summed E-state index contributed by atoms with van der Waals surface area (Å²) in [5, 5.41) is 3.36. The molecular formula is C11H17NO2. The molecule has 0 spiro atoms. The van der Waals surface area contributed by atoms with E-state index in [1.54, 1.807) is 6.26 Å². The normalized spacial score (nSPS) is 27.8. The molecule has 1 aliphatic rings. The van der Waals surface area contributed by atoms with E-state index < -0.39 is 0 Å². The lowest BCUT2D eigenvalue weighted by Gasteiger charge is -2.31. The highest BCUT2D eigenvalue weighted by Crippen LogP contribution is 2.19. The molecule has 1 aromatic rings. The summed E-state index contributed by atoms with van der Waals surface area (Å²) in [6.45, 7) is 1.74. The summed E-state index contributed by atoms with van der Waals surface area (Å²) in [5.41, 5.74) is 1.26. The molecule has 3 heteroatoms. The molecule has 0 aliphatic carbocycles. The minimum absolute atomic E-state index is 0.575. The standard InChI is InChI=1S/C11H17NO2/c1-12-11-3-5-14-8-10(11)6-9-2-4-13-7-9/h2,4,7,10-12H,3,5-6,8H2,1H3. The van der Waals surface area contributed by atoms with E-state index in [0.29, 0.717) is 12.0 Å². The average molecular weight is 195 g/mol. The molecular weight excluding hydrogens is 178 g/mol. The van der Waals surface area contributed by atoms with Crippen molar-refractivity contribution in [2.24, 2.45) is 5.92 Å². The molecule has 1 N–H and O–H groups in total. The van der Waals surface area contributed by atoms with Gasteiger partial charge in [0, 0.05) is 18.6 Å². The SMILES string of the molecule is CNC1CCOCC1Cc1ccoc1. The van der Waals surface area contributed by atoms with Crippen LogP contribution in [-0.4, -0.2) is 26.3 Å². The van der Waals surface area contributed by atoms with Crippen molar-refractivity contribution < 1.29 is 9.15 Å². The van der Waals surface area contributed by atoms with Gasteiger partial charge in [0.1, 0.15) is 0 Å². The summed E-state index contributed by atoms with van der Waals surface area (Å²) < 4.78 is 10.6. The first-order chi connectivity index (χ1) is 6.90. The van der Waals surface area contributed by atoms with Gasteiger partial charge in [-0.2, -0.15) is 0 Å². The molecule has 0 amide bonds. The maximum atomic E-state index is 5.49. The number of rotatable bonds is 3. The second-order valence-corrected chi connectivity index (χ2v) is 3.85. The van der Waals surface area contributed by atoms with E-state index in [-0.39, 0.29) is 0 Å². The van der Waals surface area contributed by atoms with Gasteiger partial charge >= 0.3 is 0 Å². The quantitative estimate of drug-likeness (QED) is 0.792. The largest absolute Gasteiger partial charge is 0.472 e. The zero-order valence-electron chi connectivity index (χ0n) is 8.53. The number of hydrogen-bond acceptors (Lipinski definition) is 3. The van der Waals surface area contributed by atoms with Crippen molar-refractivity contribution in [1.82, 2.24) is 5.32 Å². The van der Waals surface area contributed by atoms with Gasteiger partial charge in [0.25, 0.3) is 0 Å². The second-order valence-electron chi connectivity index (χ2n) is 3.85. The molecule has 2 rings (SSSR count). The van der Waals surface area contributed by atoms with Gasteiger partial charge in [-0.15, -0.1) is 0 Å². The van der Waals surface area contributed by atoms with Crippen LogP contribution in [0.25, 0.3) is 0 Å². The summed E-state index contributed by atoms with van der Waals surface area (Å²) in [7, 11) is 2.03. The zero-order chi connectivity index (χ0) is 9.80. The topological polar surface area (TPSA) is 34.4 Å². The lowest BCUT2D eigenvalue weighted by atomic mass is 9.90. The molecule has 1 saturated heterocycles. The smallest absolute Gasteiger partial charge is 0.0934 e. The summed E-state index contributed by atoms with van der Waals surface area (Å²) in [6, 6.07) is 2.61. The van der Waals surface area contributed by atoms with Crippen molar-refractivity contribution in [2.45, 2.75) is 18.9 Å². The highest BCUT2D eigenvalue weighted by atomic mass is 16.5. The monoisotopic (exact) mass is 195 g/mol. The van der Waals surface area contributed by atoms with E-state index >= 15 is 0 Å². The summed E-state index contributed by atoms with van der Waals surface area (Å²) >= 11 is 0. The van der Waals surface area contributed by atoms with E-state index in [4.69, 9.17) is 9.15 Å². The Hall–Kier alpha value is -0.800. The van der Waals surface area contributed by atoms with Crippen LogP contribution in [0.4, 0.5) is 0 Å². The fraction of sp³-hybridized carbons (Fsp3) is 0.636. The molecule has 78 valence electrons. The minimum atomic E-state index is 0.575. The Morgan fingerprint density at radius 2 is 2.50 bits per heavy atom. The van der Waals surface area contributed by atoms with Crippen LogP contribution < -0.4 is 5.32 Å².